The smallest absolute Gasteiger partial charge is 0.283 e. The van der Waals surface area contributed by atoms with Crippen LogP contribution in [0.4, 0.5) is 0 Å². The average Bonchev–Trinajstić information content (AvgIpc) is 3.07. The van der Waals surface area contributed by atoms with Gasteiger partial charge in [0.15, 0.2) is 14.8 Å². The lowest BCUT2D eigenvalue weighted by atomic mass is 10.5. The van der Waals surface area contributed by atoms with Crippen LogP contribution in [0, 0.1) is 6.92 Å². The topological polar surface area (TPSA) is 65.0 Å². The normalized spacial score (nSPS) is 11.1. The van der Waals surface area contributed by atoms with Gasteiger partial charge in [0.2, 0.25) is 5.89 Å². The van der Waals surface area contributed by atoms with Crippen molar-refractivity contribution in [2.75, 3.05) is 0 Å². The lowest BCUT2D eigenvalue weighted by Gasteiger charge is -1.91. The van der Waals surface area contributed by atoms with Crippen molar-refractivity contribution in [3.05, 3.63) is 33.8 Å². The monoisotopic (exact) mass is 357 g/mol. The largest absolute Gasteiger partial charge is 0.444 e. The molecule has 0 fully saturated rings. The molecule has 8 heteroatoms. The van der Waals surface area contributed by atoms with Crippen molar-refractivity contribution >= 4 is 39.0 Å². The molecule has 0 radical (unpaired) electrons. The van der Waals surface area contributed by atoms with Crippen molar-refractivity contribution < 1.29 is 8.83 Å². The number of hydrogen-bond donors (Lipinski definition) is 0. The number of furan rings is 1. The Labute approximate surface area is 125 Å². The molecule has 0 aliphatic carbocycles. The Morgan fingerprint density at radius 3 is 2.89 bits per heavy atom. The summed E-state index contributed by atoms with van der Waals surface area (Å²) in [6.45, 7) is 1.97. The predicted octanol–water partition coefficient (Wildman–Crippen LogP) is 4.15. The van der Waals surface area contributed by atoms with E-state index in [1.54, 1.807) is 35.2 Å². The van der Waals surface area contributed by atoms with Crippen LogP contribution >= 0.6 is 39.0 Å². The Morgan fingerprint density at radius 2 is 2.21 bits per heavy atom. The van der Waals surface area contributed by atoms with Crippen LogP contribution in [0.5, 0.6) is 0 Å². The lowest BCUT2D eigenvalue weighted by Crippen LogP contribution is -1.80. The van der Waals surface area contributed by atoms with Crippen LogP contribution < -0.4 is 0 Å². The third-order valence-corrected chi connectivity index (χ3v) is 4.72. The van der Waals surface area contributed by atoms with Gasteiger partial charge in [0.1, 0.15) is 0 Å². The van der Waals surface area contributed by atoms with Gasteiger partial charge in [-0.05, 0) is 35.0 Å². The molecule has 5 nitrogen and oxygen atoms in total. The Bertz CT molecular complexity index is 691. The van der Waals surface area contributed by atoms with Crippen molar-refractivity contribution in [1.29, 1.82) is 0 Å². The molecule has 98 valence electrons. The number of thiazole rings is 1. The fourth-order valence-electron chi connectivity index (χ4n) is 1.36. The molecule has 0 amide bonds. The van der Waals surface area contributed by atoms with E-state index in [0.717, 1.165) is 10.0 Å². The standard InChI is InChI=1S/C11H8BrN3O2S2/c1-6-4-18-11(13-6)19-5-9-14-15-10(17-9)7-2-3-8(12)16-7/h2-4H,5H2,1H3. The molecule has 3 heterocycles. The Kier molecular flexibility index (Phi) is 3.72. The van der Waals surface area contributed by atoms with Gasteiger partial charge in [-0.2, -0.15) is 0 Å². The predicted molar refractivity (Wildman–Crippen MR) is 76.1 cm³/mol. The molecular formula is C11H8BrN3O2S2. The summed E-state index contributed by atoms with van der Waals surface area (Å²) in [7, 11) is 0. The van der Waals surface area contributed by atoms with Gasteiger partial charge < -0.3 is 8.83 Å². The number of aryl methyl sites for hydroxylation is 1. The summed E-state index contributed by atoms with van der Waals surface area (Å²) >= 11 is 6.42. The zero-order chi connectivity index (χ0) is 13.2. The molecule has 0 N–H and O–H groups in total. The van der Waals surface area contributed by atoms with Crippen LogP contribution in [0.3, 0.4) is 0 Å². The first kappa shape index (κ1) is 12.9. The maximum atomic E-state index is 5.53. The summed E-state index contributed by atoms with van der Waals surface area (Å²) in [6.07, 6.45) is 0. The number of thioether (sulfide) groups is 1. The Balaban J connectivity index is 1.68. The highest BCUT2D eigenvalue weighted by molar-refractivity contribution is 9.10. The minimum atomic E-state index is 0.386. The van der Waals surface area contributed by atoms with Gasteiger partial charge in [0.25, 0.3) is 5.89 Å². The average molecular weight is 358 g/mol. The second kappa shape index (κ2) is 5.48. The van der Waals surface area contributed by atoms with Gasteiger partial charge >= 0.3 is 0 Å². The molecular weight excluding hydrogens is 350 g/mol. The van der Waals surface area contributed by atoms with E-state index in [2.05, 4.69) is 31.1 Å². The summed E-state index contributed by atoms with van der Waals surface area (Å²) in [5.74, 6) is 2.10. The zero-order valence-electron chi connectivity index (χ0n) is 9.79. The molecule has 3 rings (SSSR count). The van der Waals surface area contributed by atoms with E-state index in [9.17, 15) is 0 Å². The van der Waals surface area contributed by atoms with Crippen molar-refractivity contribution in [3.8, 4) is 11.7 Å². The summed E-state index contributed by atoms with van der Waals surface area (Å²) in [6, 6.07) is 3.56. The minimum absolute atomic E-state index is 0.386. The SMILES string of the molecule is Cc1csc(SCc2nnc(-c3ccc(Br)o3)o2)n1. The Hall–Kier alpha value is -1.12. The van der Waals surface area contributed by atoms with Crippen LogP contribution in [0.15, 0.2) is 35.4 Å². The van der Waals surface area contributed by atoms with Crippen LogP contribution in [0.1, 0.15) is 11.6 Å². The third kappa shape index (κ3) is 3.07. The molecule has 3 aromatic heterocycles. The fraction of sp³-hybridized carbons (Fsp3) is 0.182. The highest BCUT2D eigenvalue weighted by Gasteiger charge is 2.12. The van der Waals surface area contributed by atoms with E-state index in [-0.39, 0.29) is 0 Å². The summed E-state index contributed by atoms with van der Waals surface area (Å²) < 4.78 is 12.5. The number of rotatable bonds is 4. The number of aromatic nitrogens is 3. The van der Waals surface area contributed by atoms with E-state index in [4.69, 9.17) is 8.83 Å². The molecule has 0 aliphatic heterocycles. The van der Waals surface area contributed by atoms with Crippen molar-refractivity contribution in [2.24, 2.45) is 0 Å². The summed E-state index contributed by atoms with van der Waals surface area (Å²) in [5, 5.41) is 9.96. The third-order valence-electron chi connectivity index (χ3n) is 2.17. The van der Waals surface area contributed by atoms with E-state index < -0.39 is 0 Å². The van der Waals surface area contributed by atoms with Crippen LogP contribution in [0.2, 0.25) is 0 Å². The van der Waals surface area contributed by atoms with E-state index >= 15 is 0 Å². The number of nitrogens with zero attached hydrogens (tertiary/aromatic N) is 3. The minimum Gasteiger partial charge on any atom is -0.444 e. The van der Waals surface area contributed by atoms with E-state index in [0.29, 0.717) is 28.0 Å². The van der Waals surface area contributed by atoms with Gasteiger partial charge in [-0.3, -0.25) is 0 Å². The zero-order valence-corrected chi connectivity index (χ0v) is 13.0. The molecule has 0 aromatic carbocycles. The Morgan fingerprint density at radius 1 is 1.32 bits per heavy atom. The summed E-state index contributed by atoms with van der Waals surface area (Å²) in [4.78, 5) is 4.36. The maximum Gasteiger partial charge on any atom is 0.283 e. The second-order valence-electron chi connectivity index (χ2n) is 3.65. The quantitative estimate of drug-likeness (QED) is 0.653. The molecule has 0 saturated carbocycles. The van der Waals surface area contributed by atoms with E-state index in [1.807, 2.05) is 12.3 Å². The first-order chi connectivity index (χ1) is 9.20. The van der Waals surface area contributed by atoms with Gasteiger partial charge in [-0.15, -0.1) is 21.5 Å². The first-order valence-corrected chi connectivity index (χ1v) is 7.99. The molecule has 0 aliphatic rings. The highest BCUT2D eigenvalue weighted by Crippen LogP contribution is 2.28. The fourth-order valence-corrected chi connectivity index (χ4v) is 3.36. The van der Waals surface area contributed by atoms with Crippen molar-refractivity contribution in [1.82, 2.24) is 15.2 Å². The van der Waals surface area contributed by atoms with Gasteiger partial charge in [0.05, 0.1) is 5.75 Å². The molecule has 0 unspecified atom stereocenters. The second-order valence-corrected chi connectivity index (χ2v) is 6.51. The molecule has 0 bridgehead atoms. The number of halogens is 1. The van der Waals surface area contributed by atoms with E-state index in [1.165, 1.54) is 0 Å². The van der Waals surface area contributed by atoms with Crippen LogP contribution in [0.25, 0.3) is 11.7 Å². The van der Waals surface area contributed by atoms with Gasteiger partial charge in [-0.25, -0.2) is 4.98 Å². The molecule has 3 aromatic rings. The molecule has 0 spiro atoms. The molecule has 19 heavy (non-hydrogen) atoms. The lowest BCUT2D eigenvalue weighted by molar-refractivity contribution is 0.486. The van der Waals surface area contributed by atoms with Gasteiger partial charge in [-0.1, -0.05) is 11.8 Å². The van der Waals surface area contributed by atoms with Crippen LogP contribution in [-0.4, -0.2) is 15.2 Å². The van der Waals surface area contributed by atoms with Crippen molar-refractivity contribution in [2.45, 2.75) is 17.0 Å². The van der Waals surface area contributed by atoms with Gasteiger partial charge in [0, 0.05) is 11.1 Å². The van der Waals surface area contributed by atoms with Crippen molar-refractivity contribution in [3.63, 3.8) is 0 Å². The van der Waals surface area contributed by atoms with Crippen LogP contribution in [-0.2, 0) is 5.75 Å². The first-order valence-electron chi connectivity index (χ1n) is 5.34. The number of hydrogen-bond acceptors (Lipinski definition) is 7. The highest BCUT2D eigenvalue weighted by atomic mass is 79.9. The molecule has 0 atom stereocenters. The summed E-state index contributed by atoms with van der Waals surface area (Å²) in [5.41, 5.74) is 1.03. The molecule has 0 saturated heterocycles. The maximum absolute atomic E-state index is 5.53.